The number of benzene rings is 1. The number of likely N-dealkylation sites (tertiary alicyclic amines) is 1. The lowest BCUT2D eigenvalue weighted by Crippen LogP contribution is -2.37. The van der Waals surface area contributed by atoms with E-state index in [1.807, 2.05) is 11.0 Å². The van der Waals surface area contributed by atoms with Crippen LogP contribution in [0.15, 0.2) is 18.2 Å². The first-order valence-corrected chi connectivity index (χ1v) is 9.40. The van der Waals surface area contributed by atoms with Gasteiger partial charge in [0.15, 0.2) is 5.13 Å². The second kappa shape index (κ2) is 6.22. The second-order valence-corrected chi connectivity index (χ2v) is 7.79. The van der Waals surface area contributed by atoms with Crippen molar-refractivity contribution in [1.29, 1.82) is 0 Å². The minimum atomic E-state index is -0.206. The summed E-state index contributed by atoms with van der Waals surface area (Å²) < 4.78 is 0.818. The summed E-state index contributed by atoms with van der Waals surface area (Å²) in [7, 11) is 0. The van der Waals surface area contributed by atoms with Gasteiger partial charge in [-0.2, -0.15) is 0 Å². The van der Waals surface area contributed by atoms with Crippen molar-refractivity contribution in [2.24, 2.45) is 5.92 Å². The van der Waals surface area contributed by atoms with Gasteiger partial charge in [-0.1, -0.05) is 18.3 Å². The van der Waals surface area contributed by atoms with Crippen molar-refractivity contribution in [1.82, 2.24) is 9.88 Å². The van der Waals surface area contributed by atoms with Gasteiger partial charge in [-0.3, -0.25) is 14.4 Å². The molecule has 0 unspecified atom stereocenters. The molecule has 3 heterocycles. The number of imide groups is 1. The zero-order valence-corrected chi connectivity index (χ0v) is 14.8. The lowest BCUT2D eigenvalue weighted by molar-refractivity contribution is -0.121. The zero-order valence-electron chi connectivity index (χ0n) is 14.0. The van der Waals surface area contributed by atoms with Crippen molar-refractivity contribution in [3.63, 3.8) is 0 Å². The van der Waals surface area contributed by atoms with Gasteiger partial charge in [0, 0.05) is 31.5 Å². The first kappa shape index (κ1) is 16.2. The van der Waals surface area contributed by atoms with Gasteiger partial charge in [0.25, 0.3) is 5.91 Å². The van der Waals surface area contributed by atoms with Crippen LogP contribution in [0.5, 0.6) is 0 Å². The largest absolute Gasteiger partial charge is 0.339 e. The van der Waals surface area contributed by atoms with Crippen molar-refractivity contribution in [3.8, 4) is 0 Å². The third-order valence-corrected chi connectivity index (χ3v) is 5.94. The highest BCUT2D eigenvalue weighted by Gasteiger charge is 2.32. The SMILES string of the molecule is CC1CCN(C(=O)c2ccc3nc(N4C(=O)CCC4=O)sc3c2)CC1. The molecule has 130 valence electrons. The van der Waals surface area contributed by atoms with Crippen LogP contribution in [-0.4, -0.2) is 40.7 Å². The number of carbonyl (C=O) groups is 3. The first-order valence-electron chi connectivity index (χ1n) is 8.58. The van der Waals surface area contributed by atoms with Crippen molar-refractivity contribution in [2.45, 2.75) is 32.6 Å². The van der Waals surface area contributed by atoms with E-state index in [1.165, 1.54) is 11.3 Å². The number of fused-ring (bicyclic) bond motifs is 1. The number of piperidine rings is 1. The van der Waals surface area contributed by atoms with E-state index in [-0.39, 0.29) is 30.6 Å². The molecule has 0 saturated carbocycles. The van der Waals surface area contributed by atoms with Crippen LogP contribution >= 0.6 is 11.3 Å². The molecule has 2 saturated heterocycles. The molecular formula is C18H19N3O3S. The number of hydrogen-bond acceptors (Lipinski definition) is 5. The molecule has 0 spiro atoms. The van der Waals surface area contributed by atoms with Gasteiger partial charge in [-0.05, 0) is 37.0 Å². The summed E-state index contributed by atoms with van der Waals surface area (Å²) in [5.41, 5.74) is 1.34. The highest BCUT2D eigenvalue weighted by molar-refractivity contribution is 7.22. The Morgan fingerprint density at radius 3 is 2.52 bits per heavy atom. The number of carbonyl (C=O) groups excluding carboxylic acids is 3. The minimum absolute atomic E-state index is 0.0390. The Morgan fingerprint density at radius 1 is 1.16 bits per heavy atom. The van der Waals surface area contributed by atoms with Gasteiger partial charge in [0.1, 0.15) is 0 Å². The lowest BCUT2D eigenvalue weighted by Gasteiger charge is -2.30. The van der Waals surface area contributed by atoms with Crippen LogP contribution in [-0.2, 0) is 9.59 Å². The molecule has 6 nitrogen and oxygen atoms in total. The van der Waals surface area contributed by atoms with Gasteiger partial charge >= 0.3 is 0 Å². The number of rotatable bonds is 2. The van der Waals surface area contributed by atoms with E-state index >= 15 is 0 Å². The van der Waals surface area contributed by atoms with Crippen LogP contribution in [0, 0.1) is 5.92 Å². The summed E-state index contributed by atoms with van der Waals surface area (Å²) in [6, 6.07) is 5.39. The van der Waals surface area contributed by atoms with Crippen LogP contribution in [0.4, 0.5) is 5.13 Å². The molecule has 0 bridgehead atoms. The third-order valence-electron chi connectivity index (χ3n) is 4.94. The van der Waals surface area contributed by atoms with Crippen LogP contribution < -0.4 is 4.90 Å². The van der Waals surface area contributed by atoms with Gasteiger partial charge in [-0.15, -0.1) is 0 Å². The minimum Gasteiger partial charge on any atom is -0.339 e. The van der Waals surface area contributed by atoms with Gasteiger partial charge in [-0.25, -0.2) is 9.88 Å². The van der Waals surface area contributed by atoms with E-state index in [2.05, 4.69) is 11.9 Å². The molecule has 4 rings (SSSR count). The monoisotopic (exact) mass is 357 g/mol. The molecule has 7 heteroatoms. The number of hydrogen-bond donors (Lipinski definition) is 0. The van der Waals surface area contributed by atoms with Crippen molar-refractivity contribution in [2.75, 3.05) is 18.0 Å². The Morgan fingerprint density at radius 2 is 1.84 bits per heavy atom. The van der Waals surface area contributed by atoms with Gasteiger partial charge in [0.05, 0.1) is 10.2 Å². The van der Waals surface area contributed by atoms with E-state index in [1.54, 1.807) is 12.1 Å². The third kappa shape index (κ3) is 2.93. The summed E-state index contributed by atoms with van der Waals surface area (Å²) in [5, 5.41) is 0.402. The van der Waals surface area contributed by atoms with E-state index in [9.17, 15) is 14.4 Å². The average molecular weight is 357 g/mol. The molecule has 3 amide bonds. The Balaban J connectivity index is 1.61. The van der Waals surface area contributed by atoms with Crippen molar-refractivity contribution >= 4 is 44.4 Å². The first-order chi connectivity index (χ1) is 12.0. The molecule has 2 fully saturated rings. The average Bonchev–Trinajstić information content (AvgIpc) is 3.16. The molecule has 0 aliphatic carbocycles. The van der Waals surface area contributed by atoms with E-state index in [0.29, 0.717) is 22.1 Å². The Hall–Kier alpha value is -2.28. The normalized spacial score (nSPS) is 19.2. The van der Waals surface area contributed by atoms with E-state index in [0.717, 1.165) is 35.5 Å². The van der Waals surface area contributed by atoms with Crippen LogP contribution in [0.2, 0.25) is 0 Å². The van der Waals surface area contributed by atoms with Crippen molar-refractivity contribution in [3.05, 3.63) is 23.8 Å². The molecule has 2 aliphatic rings. The Kier molecular flexibility index (Phi) is 4.03. The standard InChI is InChI=1S/C18H19N3O3S/c1-11-6-8-20(9-7-11)17(24)12-2-3-13-14(10-12)25-18(19-13)21-15(22)4-5-16(21)23/h2-3,10-11H,4-9H2,1H3. The number of anilines is 1. The molecule has 2 aliphatic heterocycles. The molecule has 2 aromatic rings. The van der Waals surface area contributed by atoms with E-state index < -0.39 is 0 Å². The maximum atomic E-state index is 12.7. The smallest absolute Gasteiger partial charge is 0.253 e. The molecule has 0 N–H and O–H groups in total. The van der Waals surface area contributed by atoms with Crippen LogP contribution in [0.1, 0.15) is 43.0 Å². The number of aromatic nitrogens is 1. The zero-order chi connectivity index (χ0) is 17.6. The Bertz CT molecular complexity index is 852. The van der Waals surface area contributed by atoms with Gasteiger partial charge < -0.3 is 4.90 Å². The van der Waals surface area contributed by atoms with E-state index in [4.69, 9.17) is 0 Å². The molecule has 25 heavy (non-hydrogen) atoms. The fourth-order valence-electron chi connectivity index (χ4n) is 3.33. The summed E-state index contributed by atoms with van der Waals surface area (Å²) in [6.07, 6.45) is 2.56. The highest BCUT2D eigenvalue weighted by atomic mass is 32.1. The summed E-state index contributed by atoms with van der Waals surface area (Å²) in [5.74, 6) is 0.300. The maximum absolute atomic E-state index is 12.7. The van der Waals surface area contributed by atoms with Crippen LogP contribution in [0.3, 0.4) is 0 Å². The summed E-state index contributed by atoms with van der Waals surface area (Å²) >= 11 is 1.28. The number of amides is 3. The second-order valence-electron chi connectivity index (χ2n) is 6.78. The predicted octanol–water partition coefficient (Wildman–Crippen LogP) is 2.82. The number of nitrogens with zero attached hydrogens (tertiary/aromatic N) is 3. The molecule has 0 atom stereocenters. The fourth-order valence-corrected chi connectivity index (χ4v) is 4.37. The van der Waals surface area contributed by atoms with Crippen molar-refractivity contribution < 1.29 is 14.4 Å². The molecule has 1 aromatic carbocycles. The summed E-state index contributed by atoms with van der Waals surface area (Å²) in [4.78, 5) is 43.9. The summed E-state index contributed by atoms with van der Waals surface area (Å²) in [6.45, 7) is 3.80. The number of thiazole rings is 1. The fraction of sp³-hybridized carbons (Fsp3) is 0.444. The topological polar surface area (TPSA) is 70.6 Å². The highest BCUT2D eigenvalue weighted by Crippen LogP contribution is 2.32. The molecule has 0 radical (unpaired) electrons. The Labute approximate surface area is 149 Å². The maximum Gasteiger partial charge on any atom is 0.253 e. The van der Waals surface area contributed by atoms with Crippen LogP contribution in [0.25, 0.3) is 10.2 Å². The lowest BCUT2D eigenvalue weighted by atomic mass is 9.98. The van der Waals surface area contributed by atoms with Gasteiger partial charge in [0.2, 0.25) is 11.8 Å². The molecule has 1 aromatic heterocycles. The molecular weight excluding hydrogens is 338 g/mol. The predicted molar refractivity (Wildman–Crippen MR) is 95.6 cm³/mol. The quantitative estimate of drug-likeness (QED) is 0.775.